The maximum Gasteiger partial charge on any atom is 0.276 e. The van der Waals surface area contributed by atoms with Crippen LogP contribution in [-0.4, -0.2) is 58.6 Å². The Labute approximate surface area is 200 Å². The van der Waals surface area contributed by atoms with E-state index in [0.717, 1.165) is 25.7 Å². The van der Waals surface area contributed by atoms with Gasteiger partial charge in [-0.05, 0) is 55.4 Å². The minimum atomic E-state index is -0.531. The van der Waals surface area contributed by atoms with Gasteiger partial charge in [-0.3, -0.25) is 14.4 Å². The van der Waals surface area contributed by atoms with Crippen LogP contribution in [0.5, 0.6) is 0 Å². The molecular formula is C24H23ClFN5O3. The monoisotopic (exact) mass is 483 g/mol. The molecule has 2 amide bonds. The Kier molecular flexibility index (Phi) is 7.34. The third-order valence-corrected chi connectivity index (χ3v) is 5.86. The number of nitrogens with zero attached hydrogens (tertiary/aromatic N) is 2. The summed E-state index contributed by atoms with van der Waals surface area (Å²) in [5.41, 5.74) is 1.51. The summed E-state index contributed by atoms with van der Waals surface area (Å²) in [6.45, 7) is 3.34. The fourth-order valence-corrected chi connectivity index (χ4v) is 3.83. The van der Waals surface area contributed by atoms with E-state index in [1.165, 1.54) is 24.9 Å². The lowest BCUT2D eigenvalue weighted by molar-refractivity contribution is 0.0924. The number of aromatic amines is 1. The van der Waals surface area contributed by atoms with Crippen LogP contribution in [0, 0.1) is 5.82 Å². The van der Waals surface area contributed by atoms with Crippen molar-refractivity contribution in [3.05, 3.63) is 82.1 Å². The first kappa shape index (κ1) is 23.6. The van der Waals surface area contributed by atoms with Crippen molar-refractivity contribution in [2.45, 2.75) is 12.8 Å². The summed E-state index contributed by atoms with van der Waals surface area (Å²) in [5, 5.41) is 5.56. The van der Waals surface area contributed by atoms with Gasteiger partial charge in [0.2, 0.25) is 0 Å². The second-order valence-corrected chi connectivity index (χ2v) is 8.36. The number of nitrogens with one attached hydrogen (secondary N) is 3. The fourth-order valence-electron chi connectivity index (χ4n) is 3.55. The van der Waals surface area contributed by atoms with Gasteiger partial charge in [0, 0.05) is 30.8 Å². The highest BCUT2D eigenvalue weighted by Crippen LogP contribution is 2.20. The maximum atomic E-state index is 13.2. The van der Waals surface area contributed by atoms with Crippen LogP contribution in [0.3, 0.4) is 0 Å². The average Bonchev–Trinajstić information content (AvgIpc) is 3.27. The third-order valence-electron chi connectivity index (χ3n) is 5.55. The molecule has 1 aliphatic rings. The van der Waals surface area contributed by atoms with Crippen LogP contribution in [0.25, 0.3) is 0 Å². The zero-order chi connectivity index (χ0) is 24.1. The van der Waals surface area contributed by atoms with E-state index in [4.69, 9.17) is 11.6 Å². The summed E-state index contributed by atoms with van der Waals surface area (Å²) in [6, 6.07) is 10.3. The highest BCUT2D eigenvalue weighted by atomic mass is 35.5. The molecule has 8 nitrogen and oxygen atoms in total. The van der Waals surface area contributed by atoms with E-state index in [2.05, 4.69) is 25.5 Å². The van der Waals surface area contributed by atoms with Crippen LogP contribution in [0.4, 0.5) is 10.1 Å². The van der Waals surface area contributed by atoms with Crippen molar-refractivity contribution in [1.82, 2.24) is 20.2 Å². The predicted octanol–water partition coefficient (Wildman–Crippen LogP) is 3.32. The Morgan fingerprint density at radius 1 is 1.09 bits per heavy atom. The summed E-state index contributed by atoms with van der Waals surface area (Å²) in [7, 11) is 0. The largest absolute Gasteiger partial charge is 0.349 e. The van der Waals surface area contributed by atoms with Gasteiger partial charge in [-0.1, -0.05) is 23.7 Å². The van der Waals surface area contributed by atoms with Gasteiger partial charge in [0.25, 0.3) is 11.8 Å². The molecular weight excluding hydrogens is 461 g/mol. The van der Waals surface area contributed by atoms with Crippen LogP contribution in [0.2, 0.25) is 5.02 Å². The highest BCUT2D eigenvalue weighted by molar-refractivity contribution is 6.34. The normalized spacial score (nSPS) is 13.2. The smallest absolute Gasteiger partial charge is 0.276 e. The summed E-state index contributed by atoms with van der Waals surface area (Å²) < 4.78 is 13.2. The van der Waals surface area contributed by atoms with E-state index >= 15 is 0 Å². The zero-order valence-electron chi connectivity index (χ0n) is 18.2. The molecule has 10 heteroatoms. The second-order valence-electron chi connectivity index (χ2n) is 7.95. The SMILES string of the molecule is O=C(Cc1ccc(NC(=O)c2nc[nH]c2C(=O)NCCN2CCC2)cc1)c1ccc(F)cc1Cl. The van der Waals surface area contributed by atoms with Crippen LogP contribution in [0.15, 0.2) is 48.8 Å². The molecule has 0 saturated carbocycles. The van der Waals surface area contributed by atoms with Gasteiger partial charge in [-0.15, -0.1) is 0 Å². The molecule has 3 N–H and O–H groups in total. The van der Waals surface area contributed by atoms with E-state index in [1.807, 2.05) is 0 Å². The number of benzene rings is 2. The van der Waals surface area contributed by atoms with Crippen molar-refractivity contribution < 1.29 is 18.8 Å². The van der Waals surface area contributed by atoms with Gasteiger partial charge >= 0.3 is 0 Å². The minimum absolute atomic E-state index is 0.00773. The molecule has 0 unspecified atom stereocenters. The summed E-state index contributed by atoms with van der Waals surface area (Å²) >= 11 is 5.96. The number of anilines is 1. The molecule has 0 atom stereocenters. The molecule has 1 fully saturated rings. The summed E-state index contributed by atoms with van der Waals surface area (Å²) in [5.74, 6) is -1.68. The Bertz CT molecular complexity index is 1210. The standard InChI is InChI=1S/C24H23ClFN5O3/c25-19-13-16(26)4-7-18(19)20(32)12-15-2-5-17(6-3-15)30-24(34)22-21(28-14-29-22)23(33)27-8-11-31-9-1-10-31/h2-7,13-14H,1,8-12H2,(H,27,33)(H,28,29)(H,30,34). The molecule has 176 valence electrons. The molecule has 34 heavy (non-hydrogen) atoms. The van der Waals surface area contributed by atoms with Crippen molar-refractivity contribution in [2.24, 2.45) is 0 Å². The van der Waals surface area contributed by atoms with Crippen molar-refractivity contribution in [3.63, 3.8) is 0 Å². The molecule has 1 saturated heterocycles. The molecule has 3 aromatic rings. The van der Waals surface area contributed by atoms with E-state index in [-0.39, 0.29) is 34.2 Å². The summed E-state index contributed by atoms with van der Waals surface area (Å²) in [6.07, 6.45) is 2.55. The topological polar surface area (TPSA) is 107 Å². The first-order valence-corrected chi connectivity index (χ1v) is 11.2. The third kappa shape index (κ3) is 5.67. The number of hydrogen-bond acceptors (Lipinski definition) is 5. The zero-order valence-corrected chi connectivity index (χ0v) is 19.0. The Morgan fingerprint density at radius 3 is 2.53 bits per heavy atom. The molecule has 4 rings (SSSR count). The van der Waals surface area contributed by atoms with Gasteiger partial charge < -0.3 is 20.5 Å². The van der Waals surface area contributed by atoms with Crippen molar-refractivity contribution in [2.75, 3.05) is 31.5 Å². The van der Waals surface area contributed by atoms with Gasteiger partial charge in [0.1, 0.15) is 11.5 Å². The van der Waals surface area contributed by atoms with Gasteiger partial charge in [-0.25, -0.2) is 9.37 Å². The average molecular weight is 484 g/mol. The number of imidazole rings is 1. The molecule has 0 aliphatic carbocycles. The number of likely N-dealkylation sites (tertiary alicyclic amines) is 1. The van der Waals surface area contributed by atoms with Crippen molar-refractivity contribution >= 4 is 34.9 Å². The molecule has 0 radical (unpaired) electrons. The Morgan fingerprint density at radius 2 is 1.85 bits per heavy atom. The van der Waals surface area contributed by atoms with E-state index in [9.17, 15) is 18.8 Å². The first-order valence-electron chi connectivity index (χ1n) is 10.8. The number of halogens is 2. The molecule has 2 aromatic carbocycles. The number of carbonyl (C=O) groups excluding carboxylic acids is 3. The maximum absolute atomic E-state index is 13.2. The predicted molar refractivity (Wildman–Crippen MR) is 126 cm³/mol. The van der Waals surface area contributed by atoms with Crippen molar-refractivity contribution in [1.29, 1.82) is 0 Å². The van der Waals surface area contributed by atoms with Crippen LogP contribution >= 0.6 is 11.6 Å². The summed E-state index contributed by atoms with van der Waals surface area (Å²) in [4.78, 5) is 46.5. The lowest BCUT2D eigenvalue weighted by atomic mass is 10.0. The van der Waals surface area contributed by atoms with E-state index < -0.39 is 17.6 Å². The van der Waals surface area contributed by atoms with E-state index in [1.54, 1.807) is 24.3 Å². The lowest BCUT2D eigenvalue weighted by Gasteiger charge is -2.30. The van der Waals surface area contributed by atoms with Gasteiger partial charge in [-0.2, -0.15) is 0 Å². The lowest BCUT2D eigenvalue weighted by Crippen LogP contribution is -2.42. The van der Waals surface area contributed by atoms with E-state index in [0.29, 0.717) is 17.8 Å². The first-order chi connectivity index (χ1) is 16.4. The number of amides is 2. The fraction of sp³-hybridized carbons (Fsp3) is 0.250. The van der Waals surface area contributed by atoms with Crippen LogP contribution < -0.4 is 10.6 Å². The molecule has 1 aliphatic heterocycles. The minimum Gasteiger partial charge on any atom is -0.349 e. The van der Waals surface area contributed by atoms with Crippen LogP contribution in [0.1, 0.15) is 43.3 Å². The number of Topliss-reactive ketones (excluding diaryl/α,β-unsaturated/α-hetero) is 1. The number of carbonyl (C=O) groups is 3. The number of rotatable bonds is 9. The Hall–Kier alpha value is -3.56. The highest BCUT2D eigenvalue weighted by Gasteiger charge is 2.21. The van der Waals surface area contributed by atoms with Gasteiger partial charge in [0.05, 0.1) is 11.3 Å². The molecule has 0 spiro atoms. The molecule has 1 aromatic heterocycles. The van der Waals surface area contributed by atoms with Crippen molar-refractivity contribution in [3.8, 4) is 0 Å². The number of H-pyrrole nitrogens is 1. The Balaban J connectivity index is 1.33. The molecule has 2 heterocycles. The van der Waals surface area contributed by atoms with Gasteiger partial charge in [0.15, 0.2) is 11.5 Å². The molecule has 0 bridgehead atoms. The van der Waals surface area contributed by atoms with Crippen LogP contribution in [-0.2, 0) is 6.42 Å². The second kappa shape index (κ2) is 10.6. The quantitative estimate of drug-likeness (QED) is 0.405. The number of aromatic nitrogens is 2. The number of ketones is 1. The number of hydrogen-bond donors (Lipinski definition) is 3.